The highest BCUT2D eigenvalue weighted by molar-refractivity contribution is 7.87. The minimum absolute atomic E-state index is 0.00925. The number of para-hydroxylation sites is 1. The maximum atomic E-state index is 13.3. The standard InChI is InChI=1S/C27H26ClNO5S/c1-2-29-20-8-5-10-22(30)26(20)25(27-21(29)9-6-11-23(27)31)19-7-3-4-12-24(19)34-35(32,33)18-15-13-17(28)14-16-18/h3-4,7,12-16,25H,2,5-6,8-11H2,1H3. The first-order chi connectivity index (χ1) is 16.8. The highest BCUT2D eigenvalue weighted by atomic mass is 35.5. The van der Waals surface area contributed by atoms with Gasteiger partial charge >= 0.3 is 10.1 Å². The number of benzene rings is 2. The second kappa shape index (κ2) is 9.28. The molecule has 0 saturated carbocycles. The van der Waals surface area contributed by atoms with Crippen molar-refractivity contribution in [2.45, 2.75) is 56.3 Å². The molecular formula is C27H26ClNO5S. The molecule has 0 N–H and O–H groups in total. The lowest BCUT2D eigenvalue weighted by atomic mass is 9.71. The summed E-state index contributed by atoms with van der Waals surface area (Å²) in [6, 6.07) is 12.6. The quantitative estimate of drug-likeness (QED) is 0.490. The Morgan fingerprint density at radius 3 is 2.03 bits per heavy atom. The zero-order valence-corrected chi connectivity index (χ0v) is 21.0. The van der Waals surface area contributed by atoms with Crippen LogP contribution in [0.25, 0.3) is 0 Å². The van der Waals surface area contributed by atoms with E-state index in [1.165, 1.54) is 24.3 Å². The lowest BCUT2D eigenvalue weighted by Gasteiger charge is -2.43. The number of allylic oxidation sites excluding steroid dienone is 4. The van der Waals surface area contributed by atoms with Gasteiger partial charge in [-0.25, -0.2) is 0 Å². The van der Waals surface area contributed by atoms with Crippen LogP contribution in [0.3, 0.4) is 0 Å². The zero-order valence-electron chi connectivity index (χ0n) is 19.4. The first-order valence-corrected chi connectivity index (χ1v) is 13.7. The molecule has 2 aliphatic carbocycles. The van der Waals surface area contributed by atoms with Crippen molar-refractivity contribution >= 4 is 33.3 Å². The lowest BCUT2D eigenvalue weighted by molar-refractivity contribution is -0.117. The van der Waals surface area contributed by atoms with Crippen molar-refractivity contribution in [1.82, 2.24) is 4.90 Å². The van der Waals surface area contributed by atoms with Crippen molar-refractivity contribution in [3.8, 4) is 5.75 Å². The van der Waals surface area contributed by atoms with E-state index in [4.69, 9.17) is 15.8 Å². The first-order valence-electron chi connectivity index (χ1n) is 11.9. The van der Waals surface area contributed by atoms with Crippen molar-refractivity contribution in [2.24, 2.45) is 0 Å². The predicted octanol–water partition coefficient (Wildman–Crippen LogP) is 5.54. The molecule has 2 aromatic rings. The van der Waals surface area contributed by atoms with Crippen LogP contribution >= 0.6 is 11.6 Å². The Kier molecular flexibility index (Phi) is 6.32. The Bertz CT molecular complexity index is 1330. The second-order valence-electron chi connectivity index (χ2n) is 8.98. The third kappa shape index (κ3) is 4.21. The molecule has 3 aliphatic rings. The molecule has 0 atom stereocenters. The smallest absolute Gasteiger partial charge is 0.339 e. The largest absolute Gasteiger partial charge is 0.379 e. The van der Waals surface area contributed by atoms with Gasteiger partial charge < -0.3 is 9.08 Å². The predicted molar refractivity (Wildman–Crippen MR) is 133 cm³/mol. The molecule has 6 nitrogen and oxygen atoms in total. The van der Waals surface area contributed by atoms with Gasteiger partial charge in [0.2, 0.25) is 0 Å². The van der Waals surface area contributed by atoms with Gasteiger partial charge in [-0.15, -0.1) is 0 Å². The fourth-order valence-corrected chi connectivity index (χ4v) is 6.55. The summed E-state index contributed by atoms with van der Waals surface area (Å²) in [6.45, 7) is 2.71. The van der Waals surface area contributed by atoms with Crippen molar-refractivity contribution in [3.05, 3.63) is 81.7 Å². The SMILES string of the molecule is CCN1C2=C(C(=O)CCC2)C(c2ccccc2OS(=O)(=O)c2ccc(Cl)cc2)C2=C1CCCC2=O. The third-order valence-corrected chi connectivity index (χ3v) is 8.43. The molecule has 1 aliphatic heterocycles. The number of nitrogens with zero attached hydrogens (tertiary/aromatic N) is 1. The highest BCUT2D eigenvalue weighted by Gasteiger charge is 2.44. The van der Waals surface area contributed by atoms with Crippen molar-refractivity contribution < 1.29 is 22.2 Å². The van der Waals surface area contributed by atoms with E-state index in [1.807, 2.05) is 6.92 Å². The van der Waals surface area contributed by atoms with Crippen LogP contribution in [-0.4, -0.2) is 31.4 Å². The van der Waals surface area contributed by atoms with Gasteiger partial charge in [-0.3, -0.25) is 9.59 Å². The van der Waals surface area contributed by atoms with Gasteiger partial charge in [0.15, 0.2) is 11.6 Å². The molecule has 0 aromatic heterocycles. The highest BCUT2D eigenvalue weighted by Crippen LogP contribution is 2.50. The van der Waals surface area contributed by atoms with E-state index in [0.29, 0.717) is 41.1 Å². The Labute approximate surface area is 210 Å². The number of ketones is 2. The van der Waals surface area contributed by atoms with Gasteiger partial charge in [-0.1, -0.05) is 29.8 Å². The van der Waals surface area contributed by atoms with Gasteiger partial charge in [0.25, 0.3) is 0 Å². The fourth-order valence-electron chi connectivity index (χ4n) is 5.47. The Balaban J connectivity index is 1.67. The van der Waals surface area contributed by atoms with Crippen molar-refractivity contribution in [1.29, 1.82) is 0 Å². The summed E-state index contributed by atoms with van der Waals surface area (Å²) < 4.78 is 31.9. The fraction of sp³-hybridized carbons (Fsp3) is 0.333. The minimum atomic E-state index is -4.16. The topological polar surface area (TPSA) is 80.8 Å². The summed E-state index contributed by atoms with van der Waals surface area (Å²) in [5, 5.41) is 0.414. The third-order valence-electron chi connectivity index (χ3n) is 6.93. The van der Waals surface area contributed by atoms with Crippen LogP contribution in [0.4, 0.5) is 0 Å². The van der Waals surface area contributed by atoms with Crippen LogP contribution in [0.15, 0.2) is 76.0 Å². The van der Waals surface area contributed by atoms with E-state index in [-0.39, 0.29) is 22.2 Å². The number of Topliss-reactive ketones (excluding diaryl/α,β-unsaturated/α-hetero) is 2. The monoisotopic (exact) mass is 511 g/mol. The van der Waals surface area contributed by atoms with E-state index in [9.17, 15) is 18.0 Å². The Hall–Kier alpha value is -2.90. The molecule has 8 heteroatoms. The molecule has 35 heavy (non-hydrogen) atoms. The Morgan fingerprint density at radius 1 is 0.886 bits per heavy atom. The van der Waals surface area contributed by atoms with Gasteiger partial charge in [-0.05, 0) is 62.9 Å². The van der Waals surface area contributed by atoms with Gasteiger partial charge in [-0.2, -0.15) is 8.42 Å². The zero-order chi connectivity index (χ0) is 24.7. The number of carbonyl (C=O) groups is 2. The van der Waals surface area contributed by atoms with E-state index < -0.39 is 16.0 Å². The van der Waals surface area contributed by atoms with Gasteiger partial charge in [0.05, 0.1) is 0 Å². The normalized spacial score (nSPS) is 19.1. The molecule has 0 spiro atoms. The summed E-state index contributed by atoms with van der Waals surface area (Å²) in [5.74, 6) is -0.502. The van der Waals surface area contributed by atoms with Gasteiger partial charge in [0.1, 0.15) is 10.6 Å². The Morgan fingerprint density at radius 2 is 1.46 bits per heavy atom. The maximum absolute atomic E-state index is 13.3. The average Bonchev–Trinajstić information content (AvgIpc) is 2.84. The molecular weight excluding hydrogens is 486 g/mol. The molecule has 0 bridgehead atoms. The molecule has 5 rings (SSSR count). The van der Waals surface area contributed by atoms with Crippen LogP contribution in [-0.2, 0) is 19.7 Å². The maximum Gasteiger partial charge on any atom is 0.339 e. The molecule has 2 aromatic carbocycles. The molecule has 182 valence electrons. The van der Waals surface area contributed by atoms with E-state index >= 15 is 0 Å². The number of rotatable bonds is 5. The summed E-state index contributed by atoms with van der Waals surface area (Å²) in [4.78, 5) is 28.7. The summed E-state index contributed by atoms with van der Waals surface area (Å²) >= 11 is 5.92. The number of hydrogen-bond acceptors (Lipinski definition) is 6. The van der Waals surface area contributed by atoms with Crippen LogP contribution < -0.4 is 4.18 Å². The first kappa shape index (κ1) is 23.8. The summed E-state index contributed by atoms with van der Waals surface area (Å²) in [6.07, 6.45) is 3.86. The second-order valence-corrected chi connectivity index (χ2v) is 11.0. The lowest BCUT2D eigenvalue weighted by Crippen LogP contribution is -2.39. The number of carbonyl (C=O) groups excluding carboxylic acids is 2. The van der Waals surface area contributed by atoms with E-state index in [2.05, 4.69) is 4.90 Å². The van der Waals surface area contributed by atoms with Crippen LogP contribution in [0.5, 0.6) is 5.75 Å². The van der Waals surface area contributed by atoms with Gasteiger partial charge in [0, 0.05) is 58.4 Å². The van der Waals surface area contributed by atoms with Crippen LogP contribution in [0, 0.1) is 0 Å². The minimum Gasteiger partial charge on any atom is -0.379 e. The van der Waals surface area contributed by atoms with Crippen molar-refractivity contribution in [3.63, 3.8) is 0 Å². The number of hydrogen-bond donors (Lipinski definition) is 0. The summed E-state index contributed by atoms with van der Waals surface area (Å²) in [5.41, 5.74) is 3.64. The van der Waals surface area contributed by atoms with Crippen LogP contribution in [0.1, 0.15) is 56.9 Å². The number of halogens is 1. The van der Waals surface area contributed by atoms with E-state index in [1.54, 1.807) is 24.3 Å². The van der Waals surface area contributed by atoms with Crippen LogP contribution in [0.2, 0.25) is 5.02 Å². The molecule has 0 unspecified atom stereocenters. The summed E-state index contributed by atoms with van der Waals surface area (Å²) in [7, 11) is -4.16. The van der Waals surface area contributed by atoms with E-state index in [0.717, 1.165) is 37.1 Å². The van der Waals surface area contributed by atoms with Crippen molar-refractivity contribution in [2.75, 3.05) is 6.54 Å². The molecule has 0 radical (unpaired) electrons. The molecule has 0 fully saturated rings. The average molecular weight is 512 g/mol. The molecule has 0 amide bonds. The molecule has 1 heterocycles. The molecule has 0 saturated heterocycles.